The summed E-state index contributed by atoms with van der Waals surface area (Å²) in [5, 5.41) is 3.11. The molecular weight excluding hydrogens is 276 g/mol. The fourth-order valence-corrected chi connectivity index (χ4v) is 1.95. The van der Waals surface area contributed by atoms with Gasteiger partial charge in [-0.25, -0.2) is 4.99 Å². The molecule has 22 heavy (non-hydrogen) atoms. The van der Waals surface area contributed by atoms with Gasteiger partial charge in [0, 0.05) is 5.69 Å². The van der Waals surface area contributed by atoms with Crippen LogP contribution in [0.15, 0.2) is 47.6 Å². The van der Waals surface area contributed by atoms with Gasteiger partial charge >= 0.3 is 0 Å². The van der Waals surface area contributed by atoms with Crippen LogP contribution in [0.5, 0.6) is 5.75 Å². The second kappa shape index (κ2) is 7.45. The maximum Gasteiger partial charge on any atom is 0.193 e. The Morgan fingerprint density at radius 3 is 2.77 bits per heavy atom. The molecular formula is C17H22N4O. The van der Waals surface area contributed by atoms with Crippen molar-refractivity contribution in [2.24, 2.45) is 10.7 Å². The Hall–Kier alpha value is -2.56. The Morgan fingerprint density at radius 1 is 1.32 bits per heavy atom. The SMILES string of the molecule is COc1ccc(CN=C(N)Nc2cccc(C(C)C)c2)nc1. The van der Waals surface area contributed by atoms with E-state index in [9.17, 15) is 0 Å². The number of hydrogen-bond donors (Lipinski definition) is 2. The van der Waals surface area contributed by atoms with E-state index in [0.717, 1.165) is 17.1 Å². The van der Waals surface area contributed by atoms with Crippen molar-refractivity contribution in [3.63, 3.8) is 0 Å². The number of nitrogens with zero attached hydrogens (tertiary/aromatic N) is 2. The number of pyridine rings is 1. The number of aliphatic imine (C=N–C) groups is 1. The summed E-state index contributed by atoms with van der Waals surface area (Å²) in [4.78, 5) is 8.55. The number of guanidine groups is 1. The predicted molar refractivity (Wildman–Crippen MR) is 90.3 cm³/mol. The highest BCUT2D eigenvalue weighted by Crippen LogP contribution is 2.18. The molecule has 5 nitrogen and oxygen atoms in total. The molecule has 0 fully saturated rings. The predicted octanol–water partition coefficient (Wildman–Crippen LogP) is 3.14. The molecule has 0 aliphatic carbocycles. The van der Waals surface area contributed by atoms with Gasteiger partial charge in [0.15, 0.2) is 5.96 Å². The summed E-state index contributed by atoms with van der Waals surface area (Å²) >= 11 is 0. The smallest absolute Gasteiger partial charge is 0.193 e. The first-order chi connectivity index (χ1) is 10.6. The molecule has 0 saturated carbocycles. The van der Waals surface area contributed by atoms with Crippen LogP contribution in [0.1, 0.15) is 31.0 Å². The van der Waals surface area contributed by atoms with Crippen LogP contribution in [0.2, 0.25) is 0 Å². The highest BCUT2D eigenvalue weighted by Gasteiger charge is 2.01. The number of aromatic nitrogens is 1. The minimum Gasteiger partial charge on any atom is -0.495 e. The van der Waals surface area contributed by atoms with Crippen molar-refractivity contribution in [2.75, 3.05) is 12.4 Å². The highest BCUT2D eigenvalue weighted by atomic mass is 16.5. The Balaban J connectivity index is 1.98. The molecule has 0 aliphatic heterocycles. The van der Waals surface area contributed by atoms with Crippen LogP contribution in [-0.4, -0.2) is 18.1 Å². The van der Waals surface area contributed by atoms with E-state index < -0.39 is 0 Å². The van der Waals surface area contributed by atoms with E-state index >= 15 is 0 Å². The van der Waals surface area contributed by atoms with Crippen molar-refractivity contribution in [1.29, 1.82) is 0 Å². The normalized spacial score (nSPS) is 11.5. The van der Waals surface area contributed by atoms with E-state index in [1.54, 1.807) is 13.3 Å². The van der Waals surface area contributed by atoms with Crippen LogP contribution < -0.4 is 15.8 Å². The molecule has 0 radical (unpaired) electrons. The molecule has 3 N–H and O–H groups in total. The molecule has 0 atom stereocenters. The van der Waals surface area contributed by atoms with Crippen molar-refractivity contribution in [3.05, 3.63) is 53.9 Å². The lowest BCUT2D eigenvalue weighted by Crippen LogP contribution is -2.22. The summed E-state index contributed by atoms with van der Waals surface area (Å²) < 4.78 is 5.07. The molecule has 2 rings (SSSR count). The fraction of sp³-hybridized carbons (Fsp3) is 0.294. The number of nitrogens with one attached hydrogen (secondary N) is 1. The average molecular weight is 298 g/mol. The minimum atomic E-state index is 0.374. The molecule has 0 amide bonds. The van der Waals surface area contributed by atoms with Gasteiger partial charge in [0.25, 0.3) is 0 Å². The number of methoxy groups -OCH3 is 1. The number of benzene rings is 1. The summed E-state index contributed by atoms with van der Waals surface area (Å²) in [6.45, 7) is 4.74. The molecule has 0 saturated heterocycles. The van der Waals surface area contributed by atoms with Crippen LogP contribution >= 0.6 is 0 Å². The third-order valence-corrected chi connectivity index (χ3v) is 3.27. The first kappa shape index (κ1) is 15.8. The summed E-state index contributed by atoms with van der Waals surface area (Å²) in [5.74, 6) is 1.58. The maximum absolute atomic E-state index is 5.92. The quantitative estimate of drug-likeness (QED) is 0.657. The molecule has 0 spiro atoms. The van der Waals surface area contributed by atoms with Crippen LogP contribution in [0.4, 0.5) is 5.69 Å². The lowest BCUT2D eigenvalue weighted by molar-refractivity contribution is 0.412. The van der Waals surface area contributed by atoms with Gasteiger partial charge in [-0.1, -0.05) is 26.0 Å². The van der Waals surface area contributed by atoms with E-state index in [4.69, 9.17) is 10.5 Å². The second-order valence-corrected chi connectivity index (χ2v) is 5.30. The lowest BCUT2D eigenvalue weighted by Gasteiger charge is -2.10. The van der Waals surface area contributed by atoms with Gasteiger partial charge in [0.1, 0.15) is 5.75 Å². The summed E-state index contributed by atoms with van der Waals surface area (Å²) in [6.07, 6.45) is 1.67. The fourth-order valence-electron chi connectivity index (χ4n) is 1.95. The monoisotopic (exact) mass is 298 g/mol. The molecule has 0 bridgehead atoms. The van der Waals surface area contributed by atoms with E-state index in [1.165, 1.54) is 5.56 Å². The van der Waals surface area contributed by atoms with Gasteiger partial charge in [-0.3, -0.25) is 4.98 Å². The first-order valence-electron chi connectivity index (χ1n) is 7.24. The number of hydrogen-bond acceptors (Lipinski definition) is 3. The first-order valence-corrected chi connectivity index (χ1v) is 7.24. The zero-order valence-electron chi connectivity index (χ0n) is 13.2. The Labute approximate surface area is 131 Å². The molecule has 1 aromatic heterocycles. The van der Waals surface area contributed by atoms with Crippen molar-refractivity contribution < 1.29 is 4.74 Å². The van der Waals surface area contributed by atoms with E-state index in [0.29, 0.717) is 18.4 Å². The summed E-state index contributed by atoms with van der Waals surface area (Å²) in [5.41, 5.74) is 8.96. The van der Waals surface area contributed by atoms with Gasteiger partial charge in [0.05, 0.1) is 25.5 Å². The zero-order chi connectivity index (χ0) is 15.9. The van der Waals surface area contributed by atoms with E-state index in [1.807, 2.05) is 24.3 Å². The van der Waals surface area contributed by atoms with Gasteiger partial charge < -0.3 is 15.8 Å². The van der Waals surface area contributed by atoms with Crippen LogP contribution in [0.3, 0.4) is 0 Å². The molecule has 116 valence electrons. The number of ether oxygens (including phenoxy) is 1. The molecule has 5 heteroatoms. The molecule has 1 heterocycles. The molecule has 1 aromatic carbocycles. The Morgan fingerprint density at radius 2 is 2.14 bits per heavy atom. The van der Waals surface area contributed by atoms with Crippen molar-refractivity contribution in [1.82, 2.24) is 4.98 Å². The van der Waals surface area contributed by atoms with Crippen LogP contribution in [0, 0.1) is 0 Å². The van der Waals surface area contributed by atoms with Gasteiger partial charge in [0.2, 0.25) is 0 Å². The maximum atomic E-state index is 5.92. The van der Waals surface area contributed by atoms with E-state index in [2.05, 4.69) is 41.3 Å². The van der Waals surface area contributed by atoms with Crippen molar-refractivity contribution >= 4 is 11.6 Å². The molecule has 0 aliphatic rings. The number of anilines is 1. The average Bonchev–Trinajstić information content (AvgIpc) is 2.53. The van der Waals surface area contributed by atoms with Crippen molar-refractivity contribution in [2.45, 2.75) is 26.3 Å². The Bertz CT molecular complexity index is 635. The minimum absolute atomic E-state index is 0.374. The van der Waals surface area contributed by atoms with Crippen molar-refractivity contribution in [3.8, 4) is 5.75 Å². The summed E-state index contributed by atoms with van der Waals surface area (Å²) in [6, 6.07) is 11.9. The third kappa shape index (κ3) is 4.48. The van der Waals surface area contributed by atoms with Gasteiger partial charge in [-0.15, -0.1) is 0 Å². The lowest BCUT2D eigenvalue weighted by atomic mass is 10.0. The standard InChI is InChI=1S/C17H22N4O/c1-12(2)13-5-4-6-14(9-13)21-17(18)20-10-15-7-8-16(22-3)11-19-15/h4-9,11-12H,10H2,1-3H3,(H3,18,20,21). The zero-order valence-corrected chi connectivity index (χ0v) is 13.2. The largest absolute Gasteiger partial charge is 0.495 e. The molecule has 0 unspecified atom stereocenters. The topological polar surface area (TPSA) is 72.5 Å². The van der Waals surface area contributed by atoms with E-state index in [-0.39, 0.29) is 0 Å². The number of nitrogens with two attached hydrogens (primary N) is 1. The third-order valence-electron chi connectivity index (χ3n) is 3.27. The molecule has 2 aromatic rings. The summed E-state index contributed by atoms with van der Waals surface area (Å²) in [7, 11) is 1.61. The van der Waals surface area contributed by atoms with Crippen LogP contribution in [-0.2, 0) is 6.54 Å². The van der Waals surface area contributed by atoms with Crippen LogP contribution in [0.25, 0.3) is 0 Å². The van der Waals surface area contributed by atoms with Gasteiger partial charge in [-0.05, 0) is 35.7 Å². The second-order valence-electron chi connectivity index (χ2n) is 5.30. The highest BCUT2D eigenvalue weighted by molar-refractivity contribution is 5.92. The van der Waals surface area contributed by atoms with Gasteiger partial charge in [-0.2, -0.15) is 0 Å². The number of rotatable bonds is 5. The Kier molecular flexibility index (Phi) is 5.36.